The Balaban J connectivity index is 2.12. The molecule has 1 atom stereocenters. The summed E-state index contributed by atoms with van der Waals surface area (Å²) in [7, 11) is 0. The molecule has 0 bridgehead atoms. The molecule has 5 heteroatoms. The van der Waals surface area contributed by atoms with Crippen LogP contribution in [-0.4, -0.2) is 18.2 Å². The second-order valence-corrected chi connectivity index (χ2v) is 7.12. The smallest absolute Gasteiger partial charge is 0.0851 e. The third-order valence-electron chi connectivity index (χ3n) is 4.00. The van der Waals surface area contributed by atoms with E-state index in [0.29, 0.717) is 0 Å². The number of hydrogen-bond donors (Lipinski definition) is 2. The summed E-state index contributed by atoms with van der Waals surface area (Å²) in [5.74, 6) is 5.84. The zero-order valence-electron chi connectivity index (χ0n) is 11.5. The fraction of sp³-hybridized carbons (Fsp3) is 0.714. The largest absolute Gasteiger partial charge is 0.374 e. The standard InChI is InChI=1S/C14H23BrN2OS/c1-2-18-14(6-4-3-5-7-14)13(17-16)9-12-8-11(15)10-19-12/h8,10,13,17H,2-7,9,16H2,1H3. The van der Waals surface area contributed by atoms with Gasteiger partial charge in [0.1, 0.15) is 0 Å². The Morgan fingerprint density at radius 3 is 2.74 bits per heavy atom. The molecular weight excluding hydrogens is 324 g/mol. The van der Waals surface area contributed by atoms with Crippen molar-refractivity contribution in [2.75, 3.05) is 6.61 Å². The van der Waals surface area contributed by atoms with Gasteiger partial charge in [-0.15, -0.1) is 11.3 Å². The Morgan fingerprint density at radius 1 is 1.47 bits per heavy atom. The topological polar surface area (TPSA) is 47.3 Å². The zero-order chi connectivity index (χ0) is 13.7. The first-order valence-electron chi connectivity index (χ1n) is 7.03. The van der Waals surface area contributed by atoms with Crippen LogP contribution in [0.2, 0.25) is 0 Å². The van der Waals surface area contributed by atoms with E-state index in [2.05, 4.69) is 39.7 Å². The van der Waals surface area contributed by atoms with Gasteiger partial charge in [-0.25, -0.2) is 0 Å². The molecule has 0 amide bonds. The predicted molar refractivity (Wildman–Crippen MR) is 84.3 cm³/mol. The third kappa shape index (κ3) is 3.79. The van der Waals surface area contributed by atoms with Gasteiger partial charge in [-0.1, -0.05) is 19.3 Å². The first-order valence-corrected chi connectivity index (χ1v) is 8.70. The lowest BCUT2D eigenvalue weighted by Crippen LogP contribution is -2.56. The molecule has 1 aliphatic rings. The average molecular weight is 347 g/mol. The quantitative estimate of drug-likeness (QED) is 0.610. The number of rotatable bonds is 6. The van der Waals surface area contributed by atoms with Crippen molar-refractivity contribution < 1.29 is 4.74 Å². The fourth-order valence-electron chi connectivity index (χ4n) is 3.09. The van der Waals surface area contributed by atoms with Crippen LogP contribution >= 0.6 is 27.3 Å². The maximum atomic E-state index is 6.15. The van der Waals surface area contributed by atoms with Crippen molar-refractivity contribution >= 4 is 27.3 Å². The fourth-order valence-corrected chi connectivity index (χ4v) is 4.59. The third-order valence-corrected chi connectivity index (χ3v) is 5.71. The van der Waals surface area contributed by atoms with Crippen LogP contribution in [0.3, 0.4) is 0 Å². The molecule has 3 nitrogen and oxygen atoms in total. The summed E-state index contributed by atoms with van der Waals surface area (Å²) in [6.07, 6.45) is 6.96. The molecule has 108 valence electrons. The van der Waals surface area contributed by atoms with Crippen LogP contribution in [-0.2, 0) is 11.2 Å². The SMILES string of the molecule is CCOC1(C(Cc2cc(Br)cs2)NN)CCCCC1. The molecule has 1 aliphatic carbocycles. The lowest BCUT2D eigenvalue weighted by Gasteiger charge is -2.43. The van der Waals surface area contributed by atoms with Gasteiger partial charge >= 0.3 is 0 Å². The number of ether oxygens (including phenoxy) is 1. The molecule has 1 saturated carbocycles. The highest BCUT2D eigenvalue weighted by molar-refractivity contribution is 9.10. The minimum Gasteiger partial charge on any atom is -0.374 e. The molecule has 1 unspecified atom stereocenters. The molecule has 1 aromatic rings. The lowest BCUT2D eigenvalue weighted by molar-refractivity contribution is -0.0896. The number of thiophene rings is 1. The number of nitrogens with two attached hydrogens (primary N) is 1. The Kier molecular flexibility index (Phi) is 5.84. The van der Waals surface area contributed by atoms with Crippen LogP contribution in [0.5, 0.6) is 0 Å². The first-order chi connectivity index (χ1) is 9.20. The molecule has 0 saturated heterocycles. The summed E-state index contributed by atoms with van der Waals surface area (Å²) in [5, 5.41) is 2.12. The van der Waals surface area contributed by atoms with Gasteiger partial charge in [-0.05, 0) is 41.8 Å². The predicted octanol–water partition coefficient (Wildman–Crippen LogP) is 3.62. The van der Waals surface area contributed by atoms with Crippen molar-refractivity contribution in [1.29, 1.82) is 0 Å². The van der Waals surface area contributed by atoms with Gasteiger partial charge in [0.05, 0.1) is 11.6 Å². The normalized spacial score (nSPS) is 20.4. The molecule has 1 fully saturated rings. The highest BCUT2D eigenvalue weighted by Crippen LogP contribution is 2.36. The maximum absolute atomic E-state index is 6.15. The van der Waals surface area contributed by atoms with E-state index in [1.807, 2.05) is 0 Å². The van der Waals surface area contributed by atoms with Crippen molar-refractivity contribution in [3.63, 3.8) is 0 Å². The first kappa shape index (κ1) is 15.4. The zero-order valence-corrected chi connectivity index (χ0v) is 13.9. The van der Waals surface area contributed by atoms with Gasteiger partial charge in [-0.2, -0.15) is 0 Å². The highest BCUT2D eigenvalue weighted by Gasteiger charge is 2.40. The minimum absolute atomic E-state index is 0.0851. The lowest BCUT2D eigenvalue weighted by atomic mass is 9.78. The van der Waals surface area contributed by atoms with Crippen molar-refractivity contribution in [3.8, 4) is 0 Å². The molecule has 1 aromatic heterocycles. The Morgan fingerprint density at radius 2 is 2.21 bits per heavy atom. The number of hydrazine groups is 1. The molecule has 1 heterocycles. The second-order valence-electron chi connectivity index (χ2n) is 5.21. The molecule has 2 rings (SSSR count). The van der Waals surface area contributed by atoms with Gasteiger partial charge in [0, 0.05) is 27.8 Å². The Hall–Kier alpha value is 0.0600. The number of hydrogen-bond acceptors (Lipinski definition) is 4. The minimum atomic E-state index is -0.0851. The summed E-state index contributed by atoms with van der Waals surface area (Å²) in [6, 6.07) is 2.37. The molecule has 19 heavy (non-hydrogen) atoms. The van der Waals surface area contributed by atoms with Crippen molar-refractivity contribution in [2.45, 2.75) is 57.1 Å². The van der Waals surface area contributed by atoms with Gasteiger partial charge < -0.3 is 4.74 Å². The van der Waals surface area contributed by atoms with Crippen molar-refractivity contribution in [1.82, 2.24) is 5.43 Å². The van der Waals surface area contributed by atoms with E-state index in [9.17, 15) is 0 Å². The Labute approximate surface area is 128 Å². The molecule has 0 spiro atoms. The van der Waals surface area contributed by atoms with Gasteiger partial charge in [0.25, 0.3) is 0 Å². The monoisotopic (exact) mass is 346 g/mol. The van der Waals surface area contributed by atoms with Gasteiger partial charge in [0.15, 0.2) is 0 Å². The van der Waals surface area contributed by atoms with E-state index in [4.69, 9.17) is 10.6 Å². The molecular formula is C14H23BrN2OS. The van der Waals surface area contributed by atoms with Crippen LogP contribution in [0.25, 0.3) is 0 Å². The summed E-state index contributed by atoms with van der Waals surface area (Å²) < 4.78 is 7.30. The van der Waals surface area contributed by atoms with Crippen LogP contribution in [0, 0.1) is 0 Å². The van der Waals surface area contributed by atoms with E-state index < -0.39 is 0 Å². The average Bonchev–Trinajstić information content (AvgIpc) is 2.83. The highest BCUT2D eigenvalue weighted by atomic mass is 79.9. The summed E-state index contributed by atoms with van der Waals surface area (Å²) >= 11 is 5.29. The van der Waals surface area contributed by atoms with Crippen LogP contribution < -0.4 is 11.3 Å². The van der Waals surface area contributed by atoms with Crippen LogP contribution in [0.1, 0.15) is 43.9 Å². The molecule has 0 aromatic carbocycles. The van der Waals surface area contributed by atoms with Gasteiger partial charge in [-0.3, -0.25) is 11.3 Å². The number of halogens is 1. The summed E-state index contributed by atoms with van der Waals surface area (Å²) in [5.41, 5.74) is 2.94. The maximum Gasteiger partial charge on any atom is 0.0851 e. The van der Waals surface area contributed by atoms with E-state index >= 15 is 0 Å². The number of nitrogens with one attached hydrogen (secondary N) is 1. The van der Waals surface area contributed by atoms with Crippen molar-refractivity contribution in [3.05, 3.63) is 20.8 Å². The van der Waals surface area contributed by atoms with Gasteiger partial charge in [0.2, 0.25) is 0 Å². The summed E-state index contributed by atoms with van der Waals surface area (Å²) in [4.78, 5) is 1.35. The van der Waals surface area contributed by atoms with E-state index in [-0.39, 0.29) is 11.6 Å². The van der Waals surface area contributed by atoms with Crippen LogP contribution in [0.15, 0.2) is 15.9 Å². The van der Waals surface area contributed by atoms with E-state index in [1.165, 1.54) is 24.1 Å². The summed E-state index contributed by atoms with van der Waals surface area (Å²) in [6.45, 7) is 2.83. The molecule has 3 N–H and O–H groups in total. The molecule has 0 radical (unpaired) electrons. The van der Waals surface area contributed by atoms with Crippen LogP contribution in [0.4, 0.5) is 0 Å². The second kappa shape index (κ2) is 7.18. The van der Waals surface area contributed by atoms with E-state index in [1.54, 1.807) is 11.3 Å². The van der Waals surface area contributed by atoms with Crippen molar-refractivity contribution in [2.24, 2.45) is 5.84 Å². The molecule has 0 aliphatic heterocycles. The van der Waals surface area contributed by atoms with E-state index in [0.717, 1.165) is 30.3 Å². The Bertz CT molecular complexity index is 385.